The Bertz CT molecular complexity index is 616. The van der Waals surface area contributed by atoms with Crippen LogP contribution in [0.25, 0.3) is 0 Å². The average Bonchev–Trinajstić information content (AvgIpc) is 2.38. The number of carbonyl (C=O) groups excluding carboxylic acids is 1. The molecule has 0 saturated carbocycles. The van der Waals surface area contributed by atoms with E-state index in [0.29, 0.717) is 5.82 Å². The van der Waals surface area contributed by atoms with E-state index in [9.17, 15) is 9.18 Å². The number of hydrogen-bond donors (Lipinski definition) is 2. The fraction of sp³-hybridized carbons (Fsp3) is 0.200. The number of anilines is 2. The standard InChI is InChI=1S/C15H16FN3O/c1-10(17-15-8-4-7-14(16)19-15)12-5-3-6-13(9-12)18-11(2)20/h3-10H,1-2H3,(H,17,19)(H,18,20). The van der Waals surface area contributed by atoms with Crippen molar-refractivity contribution >= 4 is 17.4 Å². The molecule has 0 spiro atoms. The normalized spacial score (nSPS) is 11.8. The quantitative estimate of drug-likeness (QED) is 0.840. The average molecular weight is 273 g/mol. The van der Waals surface area contributed by atoms with Crippen molar-refractivity contribution in [2.45, 2.75) is 19.9 Å². The fourth-order valence-corrected chi connectivity index (χ4v) is 1.88. The lowest BCUT2D eigenvalue weighted by atomic mass is 10.1. The molecule has 4 nitrogen and oxygen atoms in total. The van der Waals surface area contributed by atoms with Crippen molar-refractivity contribution in [2.75, 3.05) is 10.6 Å². The molecule has 0 saturated heterocycles. The van der Waals surface area contributed by atoms with E-state index in [4.69, 9.17) is 0 Å². The summed E-state index contributed by atoms with van der Waals surface area (Å²) < 4.78 is 13.0. The fourth-order valence-electron chi connectivity index (χ4n) is 1.88. The molecule has 1 heterocycles. The van der Waals surface area contributed by atoms with Crippen molar-refractivity contribution in [1.29, 1.82) is 0 Å². The lowest BCUT2D eigenvalue weighted by molar-refractivity contribution is -0.114. The summed E-state index contributed by atoms with van der Waals surface area (Å²) in [6.07, 6.45) is 0. The Labute approximate surface area is 117 Å². The number of pyridine rings is 1. The van der Waals surface area contributed by atoms with Crippen LogP contribution in [0.5, 0.6) is 0 Å². The number of amides is 1. The van der Waals surface area contributed by atoms with E-state index in [1.807, 2.05) is 31.2 Å². The van der Waals surface area contributed by atoms with E-state index in [1.165, 1.54) is 13.0 Å². The maximum Gasteiger partial charge on any atom is 0.221 e. The van der Waals surface area contributed by atoms with Gasteiger partial charge in [-0.2, -0.15) is 4.39 Å². The molecule has 2 aromatic rings. The molecule has 1 amide bonds. The topological polar surface area (TPSA) is 54.0 Å². The zero-order valence-electron chi connectivity index (χ0n) is 11.4. The summed E-state index contributed by atoms with van der Waals surface area (Å²) in [6.45, 7) is 3.41. The molecule has 0 radical (unpaired) electrons. The van der Waals surface area contributed by atoms with Crippen LogP contribution in [0.4, 0.5) is 15.9 Å². The zero-order chi connectivity index (χ0) is 14.5. The largest absolute Gasteiger partial charge is 0.363 e. The van der Waals surface area contributed by atoms with Gasteiger partial charge in [-0.05, 0) is 36.8 Å². The van der Waals surface area contributed by atoms with E-state index in [1.54, 1.807) is 12.1 Å². The molecule has 0 aliphatic heterocycles. The van der Waals surface area contributed by atoms with Gasteiger partial charge in [-0.1, -0.05) is 18.2 Å². The van der Waals surface area contributed by atoms with Crippen LogP contribution in [0.15, 0.2) is 42.5 Å². The monoisotopic (exact) mass is 273 g/mol. The van der Waals surface area contributed by atoms with Crippen LogP contribution < -0.4 is 10.6 Å². The van der Waals surface area contributed by atoms with Gasteiger partial charge in [0.2, 0.25) is 11.9 Å². The van der Waals surface area contributed by atoms with E-state index < -0.39 is 5.95 Å². The van der Waals surface area contributed by atoms with Crippen molar-refractivity contribution in [3.05, 3.63) is 54.0 Å². The maximum atomic E-state index is 13.0. The van der Waals surface area contributed by atoms with Gasteiger partial charge in [0.1, 0.15) is 5.82 Å². The van der Waals surface area contributed by atoms with Crippen LogP contribution in [0, 0.1) is 5.95 Å². The summed E-state index contributed by atoms with van der Waals surface area (Å²) in [4.78, 5) is 14.8. The van der Waals surface area contributed by atoms with E-state index >= 15 is 0 Å². The third-order valence-corrected chi connectivity index (χ3v) is 2.79. The molecular formula is C15H16FN3O. The molecule has 1 aromatic carbocycles. The van der Waals surface area contributed by atoms with Gasteiger partial charge < -0.3 is 10.6 Å². The lowest BCUT2D eigenvalue weighted by Gasteiger charge is -2.16. The van der Waals surface area contributed by atoms with Crippen LogP contribution in [0.2, 0.25) is 0 Å². The third-order valence-electron chi connectivity index (χ3n) is 2.79. The molecule has 0 aliphatic carbocycles. The van der Waals surface area contributed by atoms with Crippen LogP contribution in [0.1, 0.15) is 25.5 Å². The number of carbonyl (C=O) groups is 1. The first-order valence-electron chi connectivity index (χ1n) is 6.31. The van der Waals surface area contributed by atoms with Crippen LogP contribution in [-0.4, -0.2) is 10.9 Å². The molecule has 2 rings (SSSR count). The summed E-state index contributed by atoms with van der Waals surface area (Å²) in [5.74, 6) is -0.161. The van der Waals surface area contributed by atoms with Gasteiger partial charge in [0.15, 0.2) is 0 Å². The highest BCUT2D eigenvalue weighted by molar-refractivity contribution is 5.88. The molecule has 104 valence electrons. The SMILES string of the molecule is CC(=O)Nc1cccc(C(C)Nc2cccc(F)n2)c1. The number of halogens is 1. The third kappa shape index (κ3) is 3.78. The molecule has 0 bridgehead atoms. The minimum Gasteiger partial charge on any atom is -0.363 e. The van der Waals surface area contributed by atoms with Gasteiger partial charge in [-0.3, -0.25) is 4.79 Å². The Hall–Kier alpha value is -2.43. The second kappa shape index (κ2) is 6.14. The summed E-state index contributed by atoms with van der Waals surface area (Å²) in [7, 11) is 0. The summed E-state index contributed by atoms with van der Waals surface area (Å²) in [6, 6.07) is 12.0. The molecule has 20 heavy (non-hydrogen) atoms. The molecule has 5 heteroatoms. The molecule has 0 aliphatic rings. The number of nitrogens with one attached hydrogen (secondary N) is 2. The predicted molar refractivity (Wildman–Crippen MR) is 77.0 cm³/mol. The van der Waals surface area contributed by atoms with Crippen molar-refractivity contribution in [3.63, 3.8) is 0 Å². The van der Waals surface area contributed by atoms with Gasteiger partial charge >= 0.3 is 0 Å². The van der Waals surface area contributed by atoms with Gasteiger partial charge in [0, 0.05) is 12.6 Å². The first-order valence-corrected chi connectivity index (χ1v) is 6.31. The highest BCUT2D eigenvalue weighted by atomic mass is 19.1. The number of aromatic nitrogens is 1. The van der Waals surface area contributed by atoms with E-state index in [-0.39, 0.29) is 11.9 Å². The molecule has 1 atom stereocenters. The molecule has 2 N–H and O–H groups in total. The second-order valence-corrected chi connectivity index (χ2v) is 4.52. The first-order chi connectivity index (χ1) is 9.54. The number of benzene rings is 1. The molecule has 1 aromatic heterocycles. The van der Waals surface area contributed by atoms with E-state index in [2.05, 4.69) is 15.6 Å². The second-order valence-electron chi connectivity index (χ2n) is 4.52. The Balaban J connectivity index is 2.12. The van der Waals surface area contributed by atoms with Crippen molar-refractivity contribution in [1.82, 2.24) is 4.98 Å². The molecule has 1 unspecified atom stereocenters. The van der Waals surface area contributed by atoms with Crippen LogP contribution in [0.3, 0.4) is 0 Å². The van der Waals surface area contributed by atoms with Crippen molar-refractivity contribution in [2.24, 2.45) is 0 Å². The van der Waals surface area contributed by atoms with Gasteiger partial charge in [0.05, 0.1) is 6.04 Å². The molecular weight excluding hydrogens is 257 g/mol. The van der Waals surface area contributed by atoms with E-state index in [0.717, 1.165) is 11.3 Å². The van der Waals surface area contributed by atoms with Crippen molar-refractivity contribution < 1.29 is 9.18 Å². The highest BCUT2D eigenvalue weighted by Gasteiger charge is 2.07. The Morgan fingerprint density at radius 1 is 1.25 bits per heavy atom. The molecule has 0 fully saturated rings. The van der Waals surface area contributed by atoms with Crippen LogP contribution >= 0.6 is 0 Å². The Morgan fingerprint density at radius 3 is 2.70 bits per heavy atom. The maximum absolute atomic E-state index is 13.0. The van der Waals surface area contributed by atoms with Gasteiger partial charge in [-0.15, -0.1) is 0 Å². The van der Waals surface area contributed by atoms with Crippen LogP contribution in [-0.2, 0) is 4.79 Å². The lowest BCUT2D eigenvalue weighted by Crippen LogP contribution is -2.10. The Morgan fingerprint density at radius 2 is 2.00 bits per heavy atom. The summed E-state index contributed by atoms with van der Waals surface area (Å²) in [5, 5.41) is 5.85. The summed E-state index contributed by atoms with van der Waals surface area (Å²) in [5.41, 5.74) is 1.71. The van der Waals surface area contributed by atoms with Gasteiger partial charge in [-0.25, -0.2) is 4.98 Å². The minimum absolute atomic E-state index is 0.0574. The van der Waals surface area contributed by atoms with Crippen molar-refractivity contribution in [3.8, 4) is 0 Å². The number of hydrogen-bond acceptors (Lipinski definition) is 3. The minimum atomic E-state index is -0.519. The Kier molecular flexibility index (Phi) is 4.30. The zero-order valence-corrected chi connectivity index (χ0v) is 11.4. The van der Waals surface area contributed by atoms with Gasteiger partial charge in [0.25, 0.3) is 0 Å². The number of nitrogens with zero attached hydrogens (tertiary/aromatic N) is 1. The first kappa shape index (κ1) is 14.0. The predicted octanol–water partition coefficient (Wildman–Crippen LogP) is 3.35. The smallest absolute Gasteiger partial charge is 0.221 e. The number of rotatable bonds is 4. The summed E-state index contributed by atoms with van der Waals surface area (Å²) >= 11 is 0. The highest BCUT2D eigenvalue weighted by Crippen LogP contribution is 2.21.